The van der Waals surface area contributed by atoms with Gasteiger partial charge in [-0.3, -0.25) is 0 Å². The maximum Gasteiger partial charge on any atom is 0.335 e. The molecule has 1 aromatic heterocycles. The zero-order chi connectivity index (χ0) is 14.5. The molecule has 4 nitrogen and oxygen atoms in total. The highest BCUT2D eigenvalue weighted by Crippen LogP contribution is 2.12. The molecule has 5 heteroatoms. The van der Waals surface area contributed by atoms with E-state index in [0.29, 0.717) is 18.8 Å². The van der Waals surface area contributed by atoms with Crippen LogP contribution >= 0.6 is 0 Å². The summed E-state index contributed by atoms with van der Waals surface area (Å²) < 4.78 is 13.0. The Kier molecular flexibility index (Phi) is 4.30. The largest absolute Gasteiger partial charge is 0.478 e. The van der Waals surface area contributed by atoms with Crippen LogP contribution in [0.3, 0.4) is 0 Å². The molecule has 2 N–H and O–H groups in total. The van der Waals surface area contributed by atoms with Crippen LogP contribution in [-0.2, 0) is 6.42 Å². The van der Waals surface area contributed by atoms with Gasteiger partial charge in [-0.1, -0.05) is 6.07 Å². The van der Waals surface area contributed by atoms with Crippen LogP contribution in [-0.4, -0.2) is 22.6 Å². The molecular weight excluding hydrogens is 259 g/mol. The maximum absolute atomic E-state index is 13.0. The van der Waals surface area contributed by atoms with E-state index in [9.17, 15) is 9.18 Å². The molecule has 0 saturated heterocycles. The van der Waals surface area contributed by atoms with Crippen molar-refractivity contribution in [3.63, 3.8) is 0 Å². The van der Waals surface area contributed by atoms with Gasteiger partial charge >= 0.3 is 5.97 Å². The number of aromatic nitrogens is 1. The summed E-state index contributed by atoms with van der Waals surface area (Å²) in [7, 11) is 0. The molecule has 0 aliphatic carbocycles. The molecule has 104 valence electrons. The van der Waals surface area contributed by atoms with Crippen molar-refractivity contribution in [3.8, 4) is 0 Å². The number of carboxylic acid groups (broad SMARTS) is 1. The Morgan fingerprint density at radius 3 is 2.85 bits per heavy atom. The van der Waals surface area contributed by atoms with Crippen molar-refractivity contribution in [3.05, 3.63) is 59.0 Å². The normalized spacial score (nSPS) is 10.3. The lowest BCUT2D eigenvalue weighted by atomic mass is 10.1. The summed E-state index contributed by atoms with van der Waals surface area (Å²) in [5.41, 5.74) is 2.15. The number of nitrogens with one attached hydrogen (secondary N) is 1. The Morgan fingerprint density at radius 2 is 2.15 bits per heavy atom. The topological polar surface area (TPSA) is 62.2 Å². The molecule has 0 spiro atoms. The standard InChI is InChI=1S/C15H15FN2O2/c1-10-8-13(16)3-2-11(10)4-6-17-14-9-12(15(19)20)5-7-18-14/h2-3,5,7-9H,4,6H2,1H3,(H,17,18)(H,19,20). The monoisotopic (exact) mass is 274 g/mol. The Morgan fingerprint density at radius 1 is 1.35 bits per heavy atom. The van der Waals surface area contributed by atoms with Crippen molar-refractivity contribution in [1.82, 2.24) is 4.98 Å². The fourth-order valence-corrected chi connectivity index (χ4v) is 1.93. The molecule has 0 fully saturated rings. The molecule has 0 aliphatic rings. The van der Waals surface area contributed by atoms with Crippen molar-refractivity contribution >= 4 is 11.8 Å². The minimum Gasteiger partial charge on any atom is -0.478 e. The first kappa shape index (κ1) is 14.0. The van der Waals surface area contributed by atoms with Crippen molar-refractivity contribution in [2.75, 3.05) is 11.9 Å². The number of aryl methyl sites for hydroxylation is 1. The van der Waals surface area contributed by atoms with E-state index in [1.54, 1.807) is 6.07 Å². The molecular formula is C15H15FN2O2. The fraction of sp³-hybridized carbons (Fsp3) is 0.200. The smallest absolute Gasteiger partial charge is 0.335 e. The third kappa shape index (κ3) is 3.54. The Labute approximate surface area is 116 Å². The molecule has 0 radical (unpaired) electrons. The number of aromatic carboxylic acids is 1. The minimum atomic E-state index is -0.982. The fourth-order valence-electron chi connectivity index (χ4n) is 1.93. The molecule has 1 heterocycles. The summed E-state index contributed by atoms with van der Waals surface area (Å²) in [5.74, 6) is -0.704. The second-order valence-electron chi connectivity index (χ2n) is 4.48. The van der Waals surface area contributed by atoms with Gasteiger partial charge in [0.25, 0.3) is 0 Å². The van der Waals surface area contributed by atoms with Gasteiger partial charge < -0.3 is 10.4 Å². The first-order valence-corrected chi connectivity index (χ1v) is 6.24. The zero-order valence-corrected chi connectivity index (χ0v) is 11.1. The Balaban J connectivity index is 1.96. The van der Waals surface area contributed by atoms with E-state index in [1.165, 1.54) is 30.5 Å². The van der Waals surface area contributed by atoms with Gasteiger partial charge in [-0.15, -0.1) is 0 Å². The first-order chi connectivity index (χ1) is 9.56. The Bertz CT molecular complexity index is 629. The number of benzene rings is 1. The third-order valence-corrected chi connectivity index (χ3v) is 3.01. The summed E-state index contributed by atoms with van der Waals surface area (Å²) >= 11 is 0. The third-order valence-electron chi connectivity index (χ3n) is 3.01. The quantitative estimate of drug-likeness (QED) is 0.880. The van der Waals surface area contributed by atoms with E-state index >= 15 is 0 Å². The number of carboxylic acids is 1. The van der Waals surface area contributed by atoms with E-state index < -0.39 is 5.97 Å². The molecule has 0 amide bonds. The summed E-state index contributed by atoms with van der Waals surface area (Å²) in [6.07, 6.45) is 2.17. The molecule has 2 aromatic rings. The Hall–Kier alpha value is -2.43. The second kappa shape index (κ2) is 6.14. The number of rotatable bonds is 5. The minimum absolute atomic E-state index is 0.195. The van der Waals surface area contributed by atoms with Gasteiger partial charge in [0.15, 0.2) is 0 Å². The number of anilines is 1. The van der Waals surface area contributed by atoms with E-state index in [-0.39, 0.29) is 11.4 Å². The average Bonchev–Trinajstić information content (AvgIpc) is 2.41. The van der Waals surface area contributed by atoms with Gasteiger partial charge in [-0.2, -0.15) is 0 Å². The summed E-state index contributed by atoms with van der Waals surface area (Å²) in [6, 6.07) is 7.62. The van der Waals surface area contributed by atoms with Crippen LogP contribution in [0.15, 0.2) is 36.5 Å². The van der Waals surface area contributed by atoms with E-state index in [4.69, 9.17) is 5.11 Å². The predicted octanol–water partition coefficient (Wildman–Crippen LogP) is 2.88. The van der Waals surface area contributed by atoms with Gasteiger partial charge in [0.1, 0.15) is 11.6 Å². The molecule has 0 aliphatic heterocycles. The van der Waals surface area contributed by atoms with Gasteiger partial charge in [-0.05, 0) is 48.7 Å². The van der Waals surface area contributed by atoms with Gasteiger partial charge in [0.2, 0.25) is 0 Å². The molecule has 2 rings (SSSR count). The zero-order valence-electron chi connectivity index (χ0n) is 11.1. The lowest BCUT2D eigenvalue weighted by Gasteiger charge is -2.08. The molecule has 0 saturated carbocycles. The lowest BCUT2D eigenvalue weighted by molar-refractivity contribution is 0.0697. The predicted molar refractivity (Wildman–Crippen MR) is 74.5 cm³/mol. The first-order valence-electron chi connectivity index (χ1n) is 6.24. The van der Waals surface area contributed by atoms with Crippen LogP contribution in [0.25, 0.3) is 0 Å². The van der Waals surface area contributed by atoms with Crippen molar-refractivity contribution in [1.29, 1.82) is 0 Å². The van der Waals surface area contributed by atoms with Crippen LogP contribution in [0.1, 0.15) is 21.5 Å². The number of nitrogens with zero attached hydrogens (tertiary/aromatic N) is 1. The summed E-state index contributed by atoms with van der Waals surface area (Å²) in [4.78, 5) is 14.9. The van der Waals surface area contributed by atoms with E-state index in [2.05, 4.69) is 10.3 Å². The average molecular weight is 274 g/mol. The summed E-state index contributed by atoms with van der Waals surface area (Å²) in [5, 5.41) is 11.9. The highest BCUT2D eigenvalue weighted by Gasteiger charge is 2.04. The SMILES string of the molecule is Cc1cc(F)ccc1CCNc1cc(C(=O)O)ccn1. The van der Waals surface area contributed by atoms with Gasteiger partial charge in [0, 0.05) is 12.7 Å². The van der Waals surface area contributed by atoms with E-state index in [0.717, 1.165) is 11.1 Å². The summed E-state index contributed by atoms with van der Waals surface area (Å²) in [6.45, 7) is 2.46. The number of pyridine rings is 1. The molecule has 0 atom stereocenters. The molecule has 20 heavy (non-hydrogen) atoms. The molecule has 0 bridgehead atoms. The van der Waals surface area contributed by atoms with Crippen LogP contribution < -0.4 is 5.32 Å². The molecule has 1 aromatic carbocycles. The van der Waals surface area contributed by atoms with Crippen LogP contribution in [0, 0.1) is 12.7 Å². The second-order valence-corrected chi connectivity index (χ2v) is 4.48. The van der Waals surface area contributed by atoms with Crippen LogP contribution in [0.5, 0.6) is 0 Å². The van der Waals surface area contributed by atoms with E-state index in [1.807, 2.05) is 6.92 Å². The van der Waals surface area contributed by atoms with Crippen molar-refractivity contribution < 1.29 is 14.3 Å². The van der Waals surface area contributed by atoms with Crippen LogP contribution in [0.4, 0.5) is 10.2 Å². The van der Waals surface area contributed by atoms with Crippen molar-refractivity contribution in [2.45, 2.75) is 13.3 Å². The number of halogens is 1. The number of hydrogen-bond donors (Lipinski definition) is 2. The maximum atomic E-state index is 13.0. The van der Waals surface area contributed by atoms with Gasteiger partial charge in [-0.25, -0.2) is 14.2 Å². The van der Waals surface area contributed by atoms with Crippen LogP contribution in [0.2, 0.25) is 0 Å². The molecule has 0 unspecified atom stereocenters. The van der Waals surface area contributed by atoms with Crippen molar-refractivity contribution in [2.24, 2.45) is 0 Å². The van der Waals surface area contributed by atoms with Gasteiger partial charge in [0.05, 0.1) is 5.56 Å². The highest BCUT2D eigenvalue weighted by atomic mass is 19.1. The number of hydrogen-bond acceptors (Lipinski definition) is 3. The number of carbonyl (C=O) groups is 1. The lowest BCUT2D eigenvalue weighted by Crippen LogP contribution is -2.08. The highest BCUT2D eigenvalue weighted by molar-refractivity contribution is 5.88.